The maximum Gasteiger partial charge on any atom is 0.0701 e. The lowest BCUT2D eigenvalue weighted by Gasteiger charge is -2.08. The maximum atomic E-state index is 5.52. The van der Waals surface area contributed by atoms with Gasteiger partial charge in [0, 0.05) is 19.6 Å². The minimum atomic E-state index is 0.590. The van der Waals surface area contributed by atoms with Crippen molar-refractivity contribution < 1.29 is 14.2 Å². The van der Waals surface area contributed by atoms with Gasteiger partial charge in [-0.05, 0) is 6.42 Å². The Morgan fingerprint density at radius 2 is 0.788 bits per heavy atom. The molecular formula is C26H58N4O3. The van der Waals surface area contributed by atoms with Gasteiger partial charge in [-0.3, -0.25) is 22.1 Å². The van der Waals surface area contributed by atoms with Crippen LogP contribution < -0.4 is 22.1 Å². The van der Waals surface area contributed by atoms with E-state index in [1.165, 1.54) is 103 Å². The van der Waals surface area contributed by atoms with Crippen LogP contribution in [0.5, 0.6) is 0 Å². The number of unbranched alkanes of at least 4 members (excludes halogenated alkanes) is 15. The Morgan fingerprint density at radius 3 is 1.24 bits per heavy atom. The molecule has 0 aromatic heterocycles. The second-order valence-corrected chi connectivity index (χ2v) is 8.95. The molecule has 7 nitrogen and oxygen atoms in total. The Labute approximate surface area is 205 Å². The van der Waals surface area contributed by atoms with Crippen molar-refractivity contribution in [2.75, 3.05) is 59.3 Å². The molecule has 0 rings (SSSR count). The molecule has 7 heteroatoms. The highest BCUT2D eigenvalue weighted by Crippen LogP contribution is 2.13. The molecule has 0 amide bonds. The minimum Gasteiger partial charge on any atom is -0.378 e. The summed E-state index contributed by atoms with van der Waals surface area (Å²) < 4.78 is 16.2. The summed E-state index contributed by atoms with van der Waals surface area (Å²) in [7, 11) is 0. The monoisotopic (exact) mass is 474 g/mol. The van der Waals surface area contributed by atoms with E-state index in [4.69, 9.17) is 20.1 Å². The first-order chi connectivity index (χ1) is 16.4. The van der Waals surface area contributed by atoms with Crippen LogP contribution >= 0.6 is 0 Å². The van der Waals surface area contributed by atoms with Crippen molar-refractivity contribution in [1.82, 2.24) is 16.3 Å². The van der Waals surface area contributed by atoms with Gasteiger partial charge in [-0.1, -0.05) is 103 Å². The molecule has 0 aliphatic rings. The zero-order valence-electron chi connectivity index (χ0n) is 22.0. The van der Waals surface area contributed by atoms with Crippen LogP contribution in [0.25, 0.3) is 0 Å². The Morgan fingerprint density at radius 1 is 0.424 bits per heavy atom. The first kappa shape index (κ1) is 32.7. The molecule has 200 valence electrons. The molecule has 5 N–H and O–H groups in total. The fourth-order valence-electron chi connectivity index (χ4n) is 3.73. The van der Waals surface area contributed by atoms with Gasteiger partial charge in [-0.25, -0.2) is 0 Å². The molecule has 33 heavy (non-hydrogen) atoms. The van der Waals surface area contributed by atoms with Gasteiger partial charge in [-0.15, -0.1) is 0 Å². The van der Waals surface area contributed by atoms with Gasteiger partial charge in [-0.2, -0.15) is 0 Å². The molecule has 0 bridgehead atoms. The Kier molecular flexibility index (Phi) is 31.5. The molecule has 0 saturated heterocycles. The van der Waals surface area contributed by atoms with Crippen molar-refractivity contribution in [2.45, 2.75) is 110 Å². The van der Waals surface area contributed by atoms with Gasteiger partial charge in [0.2, 0.25) is 0 Å². The molecule has 0 fully saturated rings. The van der Waals surface area contributed by atoms with Crippen LogP contribution in [0.15, 0.2) is 0 Å². The number of rotatable bonds is 30. The second-order valence-electron chi connectivity index (χ2n) is 8.95. The summed E-state index contributed by atoms with van der Waals surface area (Å²) >= 11 is 0. The number of nitrogens with one attached hydrogen (secondary N) is 3. The molecule has 0 radical (unpaired) electrons. The fourth-order valence-corrected chi connectivity index (χ4v) is 3.73. The van der Waals surface area contributed by atoms with E-state index >= 15 is 0 Å². The van der Waals surface area contributed by atoms with Crippen LogP contribution in [0.3, 0.4) is 0 Å². The molecule has 0 aromatic rings. The summed E-state index contributed by atoms with van der Waals surface area (Å²) in [6.07, 6.45) is 22.6. The molecule has 0 spiro atoms. The summed E-state index contributed by atoms with van der Waals surface area (Å²) in [6, 6.07) is 0. The van der Waals surface area contributed by atoms with Crippen molar-refractivity contribution in [3.8, 4) is 0 Å². The lowest BCUT2D eigenvalue weighted by Crippen LogP contribution is -2.35. The van der Waals surface area contributed by atoms with Crippen molar-refractivity contribution in [3.05, 3.63) is 0 Å². The number of hydrazine groups is 2. The lowest BCUT2D eigenvalue weighted by molar-refractivity contribution is 0.0154. The zero-order chi connectivity index (χ0) is 23.9. The Hall–Kier alpha value is -0.280. The van der Waals surface area contributed by atoms with Gasteiger partial charge in [0.05, 0.1) is 39.6 Å². The number of ether oxygens (including phenoxy) is 3. The number of nitrogens with two attached hydrogens (primary N) is 1. The average molecular weight is 475 g/mol. The van der Waals surface area contributed by atoms with Gasteiger partial charge in [0.25, 0.3) is 0 Å². The van der Waals surface area contributed by atoms with E-state index in [9.17, 15) is 0 Å². The molecule has 0 atom stereocenters. The normalized spacial score (nSPS) is 11.5. The molecule has 0 saturated carbocycles. The third-order valence-corrected chi connectivity index (χ3v) is 5.79. The van der Waals surface area contributed by atoms with Crippen molar-refractivity contribution in [1.29, 1.82) is 0 Å². The maximum absolute atomic E-state index is 5.52. The summed E-state index contributed by atoms with van der Waals surface area (Å²) in [6.45, 7) is 8.48. The zero-order valence-corrected chi connectivity index (χ0v) is 22.0. The van der Waals surface area contributed by atoms with Crippen LogP contribution in [-0.2, 0) is 14.2 Å². The van der Waals surface area contributed by atoms with Crippen LogP contribution in [-0.4, -0.2) is 59.3 Å². The molecular weight excluding hydrogens is 416 g/mol. The summed E-state index contributed by atoms with van der Waals surface area (Å²) in [5.41, 5.74) is 9.04. The van der Waals surface area contributed by atoms with E-state index in [0.29, 0.717) is 46.2 Å². The smallest absolute Gasteiger partial charge is 0.0701 e. The highest BCUT2D eigenvalue weighted by atomic mass is 16.5. The minimum absolute atomic E-state index is 0.590. The third kappa shape index (κ3) is 31.7. The van der Waals surface area contributed by atoms with Crippen LogP contribution in [0.4, 0.5) is 0 Å². The number of hydrogen-bond acceptors (Lipinski definition) is 7. The van der Waals surface area contributed by atoms with Gasteiger partial charge < -0.3 is 14.2 Å². The average Bonchev–Trinajstić information content (AvgIpc) is 2.83. The van der Waals surface area contributed by atoms with Gasteiger partial charge in [0.15, 0.2) is 0 Å². The molecule has 0 aromatic carbocycles. The SMILES string of the molecule is CCCCCCCCCCCCCCCCCCNNCCOCCOCCOCCNN. The lowest BCUT2D eigenvalue weighted by atomic mass is 10.0. The molecule has 0 unspecified atom stereocenters. The fraction of sp³-hybridized carbons (Fsp3) is 1.00. The van der Waals surface area contributed by atoms with E-state index in [2.05, 4.69) is 23.2 Å². The third-order valence-electron chi connectivity index (χ3n) is 5.79. The van der Waals surface area contributed by atoms with E-state index in [0.717, 1.165) is 13.1 Å². The first-order valence-corrected chi connectivity index (χ1v) is 14.0. The van der Waals surface area contributed by atoms with E-state index in [1.54, 1.807) is 0 Å². The van der Waals surface area contributed by atoms with E-state index in [-0.39, 0.29) is 0 Å². The Balaban J connectivity index is 2.99. The summed E-state index contributed by atoms with van der Waals surface area (Å²) in [5.74, 6) is 5.15. The molecule has 0 aliphatic heterocycles. The molecule has 0 aliphatic carbocycles. The topological polar surface area (TPSA) is 89.8 Å². The summed E-state index contributed by atoms with van der Waals surface area (Å²) in [4.78, 5) is 0. The number of hydrogen-bond donors (Lipinski definition) is 4. The predicted octanol–water partition coefficient (Wildman–Crippen LogP) is 4.86. The summed E-state index contributed by atoms with van der Waals surface area (Å²) in [5, 5.41) is 0. The molecule has 0 heterocycles. The predicted molar refractivity (Wildman–Crippen MR) is 140 cm³/mol. The van der Waals surface area contributed by atoms with Crippen molar-refractivity contribution >= 4 is 0 Å². The van der Waals surface area contributed by atoms with Crippen LogP contribution in [0.2, 0.25) is 0 Å². The van der Waals surface area contributed by atoms with Crippen molar-refractivity contribution in [2.24, 2.45) is 5.84 Å². The van der Waals surface area contributed by atoms with Gasteiger partial charge >= 0.3 is 0 Å². The highest BCUT2D eigenvalue weighted by Gasteiger charge is 1.95. The standard InChI is InChI=1S/C26H58N4O3/c1-2-3-4-5-6-7-8-9-10-11-12-13-14-15-16-17-18-29-30-20-22-32-24-26-33-25-23-31-21-19-28-27/h28-30H,2-27H2,1H3. The van der Waals surface area contributed by atoms with Crippen LogP contribution in [0.1, 0.15) is 110 Å². The van der Waals surface area contributed by atoms with Crippen LogP contribution in [0, 0.1) is 0 Å². The highest BCUT2D eigenvalue weighted by molar-refractivity contribution is 4.51. The second kappa shape index (κ2) is 31.7. The van der Waals surface area contributed by atoms with Gasteiger partial charge in [0.1, 0.15) is 0 Å². The first-order valence-electron chi connectivity index (χ1n) is 14.0. The largest absolute Gasteiger partial charge is 0.378 e. The van der Waals surface area contributed by atoms with Crippen molar-refractivity contribution in [3.63, 3.8) is 0 Å². The van der Waals surface area contributed by atoms with E-state index in [1.807, 2.05) is 0 Å². The van der Waals surface area contributed by atoms with E-state index < -0.39 is 0 Å². The quantitative estimate of drug-likeness (QED) is 0.0672. The Bertz CT molecular complexity index is 309.